The van der Waals surface area contributed by atoms with Crippen LogP contribution in [-0.2, 0) is 0 Å². The number of phenolic OH excluding ortho intramolecular Hbond substituents is 2. The van der Waals surface area contributed by atoms with E-state index >= 15 is 0 Å². The van der Waals surface area contributed by atoms with Gasteiger partial charge in [-0.3, -0.25) is 4.57 Å². The quantitative estimate of drug-likeness (QED) is 0.586. The van der Waals surface area contributed by atoms with Gasteiger partial charge in [0.2, 0.25) is 0 Å². The maximum absolute atomic E-state index is 10.2. The van der Waals surface area contributed by atoms with Crippen LogP contribution in [0.2, 0.25) is 0 Å². The minimum atomic E-state index is -0.00233. The molecule has 0 aliphatic heterocycles. The zero-order chi connectivity index (χ0) is 15.8. The first-order chi connectivity index (χ1) is 11.2. The predicted molar refractivity (Wildman–Crippen MR) is 89.8 cm³/mol. The van der Waals surface area contributed by atoms with E-state index in [1.54, 1.807) is 12.1 Å². The van der Waals surface area contributed by atoms with Crippen LogP contribution in [0.4, 0.5) is 0 Å². The largest absolute Gasteiger partial charge is 0.508 e. The van der Waals surface area contributed by atoms with Crippen LogP contribution in [0, 0.1) is 0 Å². The Morgan fingerprint density at radius 3 is 2.30 bits per heavy atom. The van der Waals surface area contributed by atoms with Crippen LogP contribution >= 0.6 is 0 Å². The summed E-state index contributed by atoms with van der Waals surface area (Å²) in [5, 5.41) is 19.8. The molecule has 0 radical (unpaired) electrons. The molecule has 0 aliphatic carbocycles. The van der Waals surface area contributed by atoms with E-state index in [4.69, 9.17) is 0 Å². The number of phenols is 2. The highest BCUT2D eigenvalue weighted by Crippen LogP contribution is 2.35. The molecule has 0 fully saturated rings. The van der Waals surface area contributed by atoms with E-state index < -0.39 is 0 Å². The summed E-state index contributed by atoms with van der Waals surface area (Å²) >= 11 is 0. The number of hydrogen-bond donors (Lipinski definition) is 2. The summed E-state index contributed by atoms with van der Waals surface area (Å²) in [6, 6.07) is 22.2. The lowest BCUT2D eigenvalue weighted by molar-refractivity contribution is 0.451. The molecule has 1 heterocycles. The average molecular weight is 302 g/mol. The van der Waals surface area contributed by atoms with E-state index in [1.165, 1.54) is 6.07 Å². The van der Waals surface area contributed by atoms with Crippen molar-refractivity contribution in [1.82, 2.24) is 9.55 Å². The van der Waals surface area contributed by atoms with Gasteiger partial charge < -0.3 is 10.2 Å². The van der Waals surface area contributed by atoms with Gasteiger partial charge in [-0.15, -0.1) is 0 Å². The van der Waals surface area contributed by atoms with Crippen LogP contribution in [-0.4, -0.2) is 19.8 Å². The van der Waals surface area contributed by atoms with Gasteiger partial charge in [0.1, 0.15) is 17.3 Å². The zero-order valence-corrected chi connectivity index (χ0v) is 12.2. The monoisotopic (exact) mass is 302 g/mol. The minimum absolute atomic E-state index is 0.00233. The number of aromatic nitrogens is 2. The first-order valence-corrected chi connectivity index (χ1v) is 7.29. The average Bonchev–Trinajstić information content (AvgIpc) is 2.94. The summed E-state index contributed by atoms with van der Waals surface area (Å²) in [6.45, 7) is 0. The number of rotatable bonds is 2. The van der Waals surface area contributed by atoms with E-state index in [9.17, 15) is 10.2 Å². The van der Waals surface area contributed by atoms with Gasteiger partial charge in [-0.2, -0.15) is 0 Å². The van der Waals surface area contributed by atoms with Gasteiger partial charge >= 0.3 is 0 Å². The second kappa shape index (κ2) is 5.18. The summed E-state index contributed by atoms with van der Waals surface area (Å²) in [7, 11) is 0. The van der Waals surface area contributed by atoms with Crippen LogP contribution in [0.5, 0.6) is 11.5 Å². The van der Waals surface area contributed by atoms with Gasteiger partial charge in [-0.1, -0.05) is 30.3 Å². The molecular weight excluding hydrogens is 288 g/mol. The smallest absolute Gasteiger partial charge is 0.149 e. The molecule has 4 heteroatoms. The second-order valence-electron chi connectivity index (χ2n) is 5.30. The summed E-state index contributed by atoms with van der Waals surface area (Å²) in [6.07, 6.45) is 0. The fourth-order valence-corrected chi connectivity index (χ4v) is 2.75. The molecule has 0 spiro atoms. The van der Waals surface area contributed by atoms with Crippen molar-refractivity contribution in [3.8, 4) is 28.6 Å². The molecule has 0 saturated heterocycles. The van der Waals surface area contributed by atoms with Crippen molar-refractivity contribution in [2.24, 2.45) is 0 Å². The Hall–Kier alpha value is -3.27. The first-order valence-electron chi connectivity index (χ1n) is 7.29. The lowest BCUT2D eigenvalue weighted by atomic mass is 10.1. The molecule has 0 bridgehead atoms. The van der Waals surface area contributed by atoms with Crippen molar-refractivity contribution < 1.29 is 10.2 Å². The summed E-state index contributed by atoms with van der Waals surface area (Å²) in [5.74, 6) is 0.654. The van der Waals surface area contributed by atoms with E-state index in [-0.39, 0.29) is 11.5 Å². The van der Waals surface area contributed by atoms with Crippen LogP contribution in [0.1, 0.15) is 0 Å². The van der Waals surface area contributed by atoms with Crippen LogP contribution in [0.25, 0.3) is 28.1 Å². The van der Waals surface area contributed by atoms with Gasteiger partial charge in [-0.05, 0) is 36.4 Å². The number of benzene rings is 3. The highest BCUT2D eigenvalue weighted by atomic mass is 16.3. The van der Waals surface area contributed by atoms with Crippen LogP contribution < -0.4 is 0 Å². The molecule has 0 atom stereocenters. The lowest BCUT2D eigenvalue weighted by Gasteiger charge is -2.10. The molecule has 1 aromatic heterocycles. The Balaban J connectivity index is 2.07. The fraction of sp³-hybridized carbons (Fsp3) is 0. The number of nitrogens with zero attached hydrogens (tertiary/aromatic N) is 2. The number of aromatic hydroxyl groups is 2. The molecule has 0 aliphatic rings. The zero-order valence-electron chi connectivity index (χ0n) is 12.2. The normalized spacial score (nSPS) is 11.0. The summed E-state index contributed by atoms with van der Waals surface area (Å²) in [4.78, 5) is 4.67. The third kappa shape index (κ3) is 2.21. The van der Waals surface area contributed by atoms with Crippen LogP contribution in [0.3, 0.4) is 0 Å². The first kappa shape index (κ1) is 13.4. The number of hydrogen-bond acceptors (Lipinski definition) is 3. The predicted octanol–water partition coefficient (Wildman–Crippen LogP) is 4.10. The molecule has 23 heavy (non-hydrogen) atoms. The van der Waals surface area contributed by atoms with E-state index in [0.29, 0.717) is 11.4 Å². The second-order valence-corrected chi connectivity index (χ2v) is 5.30. The third-order valence-corrected chi connectivity index (χ3v) is 3.80. The molecule has 112 valence electrons. The molecule has 4 aromatic rings. The van der Waals surface area contributed by atoms with Crippen molar-refractivity contribution in [2.45, 2.75) is 0 Å². The molecule has 0 unspecified atom stereocenters. The molecule has 0 amide bonds. The molecule has 0 saturated carbocycles. The van der Waals surface area contributed by atoms with Gasteiger partial charge in [-0.25, -0.2) is 4.98 Å². The van der Waals surface area contributed by atoms with E-state index in [0.717, 1.165) is 16.7 Å². The number of para-hydroxylation sites is 3. The lowest BCUT2D eigenvalue weighted by Crippen LogP contribution is -1.97. The minimum Gasteiger partial charge on any atom is -0.508 e. The molecule has 2 N–H and O–H groups in total. The van der Waals surface area contributed by atoms with Gasteiger partial charge in [0, 0.05) is 11.8 Å². The van der Waals surface area contributed by atoms with Gasteiger partial charge in [0.05, 0.1) is 16.6 Å². The van der Waals surface area contributed by atoms with Crippen molar-refractivity contribution in [3.05, 3.63) is 72.8 Å². The van der Waals surface area contributed by atoms with E-state index in [2.05, 4.69) is 4.98 Å². The fourth-order valence-electron chi connectivity index (χ4n) is 2.75. The Bertz CT molecular complexity index is 991. The van der Waals surface area contributed by atoms with Crippen LogP contribution in [0.15, 0.2) is 72.8 Å². The number of fused-ring (bicyclic) bond motifs is 1. The molecular formula is C19H14N2O2. The van der Waals surface area contributed by atoms with Gasteiger partial charge in [0.15, 0.2) is 0 Å². The van der Waals surface area contributed by atoms with Gasteiger partial charge in [0.25, 0.3) is 0 Å². The third-order valence-electron chi connectivity index (χ3n) is 3.80. The van der Waals surface area contributed by atoms with Crippen molar-refractivity contribution in [3.63, 3.8) is 0 Å². The Kier molecular flexibility index (Phi) is 3.01. The Morgan fingerprint density at radius 1 is 0.783 bits per heavy atom. The standard InChI is InChI=1S/C19H14N2O2/c22-14-10-11-15(18(23)12-14)19-20-16-8-4-5-9-17(16)21(19)13-6-2-1-3-7-13/h1-12,22-23H. The summed E-state index contributed by atoms with van der Waals surface area (Å²) < 4.78 is 2.00. The maximum atomic E-state index is 10.2. The maximum Gasteiger partial charge on any atom is 0.149 e. The topological polar surface area (TPSA) is 58.3 Å². The highest BCUT2D eigenvalue weighted by molar-refractivity contribution is 5.84. The highest BCUT2D eigenvalue weighted by Gasteiger charge is 2.16. The Labute approximate surface area is 132 Å². The van der Waals surface area contributed by atoms with Crippen molar-refractivity contribution in [2.75, 3.05) is 0 Å². The van der Waals surface area contributed by atoms with Crippen molar-refractivity contribution >= 4 is 11.0 Å². The molecule has 4 nitrogen and oxygen atoms in total. The SMILES string of the molecule is Oc1ccc(-c2nc3ccccc3n2-c2ccccc2)c(O)c1. The molecule has 3 aromatic carbocycles. The summed E-state index contributed by atoms with van der Waals surface area (Å²) in [5.41, 5.74) is 3.34. The van der Waals surface area contributed by atoms with E-state index in [1.807, 2.05) is 59.2 Å². The Morgan fingerprint density at radius 2 is 1.52 bits per heavy atom. The van der Waals surface area contributed by atoms with Crippen molar-refractivity contribution in [1.29, 1.82) is 0 Å². The number of imidazole rings is 1. The molecule has 4 rings (SSSR count).